The molecule has 0 bridgehead atoms. The molecule has 0 saturated carbocycles. The second kappa shape index (κ2) is 4.17. The van der Waals surface area contributed by atoms with Crippen LogP contribution in [-0.4, -0.2) is 22.4 Å². The fourth-order valence-electron chi connectivity index (χ4n) is 1.30. The first-order valence-corrected chi connectivity index (χ1v) is 4.75. The molecule has 0 aromatic carbocycles. The SMILES string of the molecule is C[C@H](CC(C)(C)OC(N)=O)C(C)(C)O. The van der Waals surface area contributed by atoms with Gasteiger partial charge < -0.3 is 15.6 Å². The van der Waals surface area contributed by atoms with Crippen molar-refractivity contribution in [2.45, 2.75) is 52.2 Å². The van der Waals surface area contributed by atoms with Crippen molar-refractivity contribution in [3.63, 3.8) is 0 Å². The van der Waals surface area contributed by atoms with Gasteiger partial charge >= 0.3 is 6.09 Å². The van der Waals surface area contributed by atoms with E-state index in [0.717, 1.165) is 0 Å². The Hall–Kier alpha value is -0.770. The van der Waals surface area contributed by atoms with Crippen molar-refractivity contribution in [1.82, 2.24) is 0 Å². The quantitative estimate of drug-likeness (QED) is 0.729. The summed E-state index contributed by atoms with van der Waals surface area (Å²) in [6, 6.07) is 0. The van der Waals surface area contributed by atoms with Crippen LogP contribution >= 0.6 is 0 Å². The molecule has 4 heteroatoms. The first-order valence-electron chi connectivity index (χ1n) is 4.75. The number of aliphatic hydroxyl groups is 1. The van der Waals surface area contributed by atoms with Gasteiger partial charge in [0.05, 0.1) is 5.60 Å². The molecule has 0 radical (unpaired) electrons. The zero-order valence-corrected chi connectivity index (χ0v) is 9.63. The van der Waals surface area contributed by atoms with Gasteiger partial charge in [0.2, 0.25) is 0 Å². The minimum atomic E-state index is -0.780. The van der Waals surface area contributed by atoms with E-state index in [2.05, 4.69) is 0 Å². The second-order valence-corrected chi connectivity index (χ2v) is 4.94. The van der Waals surface area contributed by atoms with Gasteiger partial charge in [-0.25, -0.2) is 4.79 Å². The number of hydrogen-bond acceptors (Lipinski definition) is 3. The lowest BCUT2D eigenvalue weighted by molar-refractivity contribution is -0.0300. The van der Waals surface area contributed by atoms with Gasteiger partial charge in [-0.2, -0.15) is 0 Å². The molecule has 0 aromatic rings. The van der Waals surface area contributed by atoms with Crippen molar-refractivity contribution in [2.75, 3.05) is 0 Å². The van der Waals surface area contributed by atoms with Crippen molar-refractivity contribution in [2.24, 2.45) is 11.7 Å². The third kappa shape index (κ3) is 5.07. The van der Waals surface area contributed by atoms with Gasteiger partial charge in [-0.15, -0.1) is 0 Å². The Morgan fingerprint density at radius 1 is 1.43 bits per heavy atom. The van der Waals surface area contributed by atoms with Crippen LogP contribution in [0.15, 0.2) is 0 Å². The van der Waals surface area contributed by atoms with E-state index < -0.39 is 17.3 Å². The van der Waals surface area contributed by atoms with Crippen molar-refractivity contribution < 1.29 is 14.6 Å². The molecule has 0 fully saturated rings. The molecule has 1 atom stereocenters. The Morgan fingerprint density at radius 2 is 1.86 bits per heavy atom. The third-order valence-electron chi connectivity index (χ3n) is 2.38. The molecule has 0 unspecified atom stereocenters. The zero-order valence-electron chi connectivity index (χ0n) is 9.63. The van der Waals surface area contributed by atoms with Crippen LogP contribution in [-0.2, 0) is 4.74 Å². The molecule has 0 spiro atoms. The average Bonchev–Trinajstić information content (AvgIpc) is 1.79. The smallest absolute Gasteiger partial charge is 0.405 e. The number of carbonyl (C=O) groups excluding carboxylic acids is 1. The van der Waals surface area contributed by atoms with Crippen molar-refractivity contribution in [1.29, 1.82) is 0 Å². The van der Waals surface area contributed by atoms with Crippen LogP contribution in [0.5, 0.6) is 0 Å². The highest BCUT2D eigenvalue weighted by molar-refractivity contribution is 5.65. The number of nitrogens with two attached hydrogens (primary N) is 1. The summed E-state index contributed by atoms with van der Waals surface area (Å²) < 4.78 is 4.93. The van der Waals surface area contributed by atoms with Crippen LogP contribution < -0.4 is 5.73 Å². The van der Waals surface area contributed by atoms with Crippen LogP contribution in [0.2, 0.25) is 0 Å². The Labute approximate surface area is 85.4 Å². The summed E-state index contributed by atoms with van der Waals surface area (Å²) >= 11 is 0. The minimum absolute atomic E-state index is 0.0249. The van der Waals surface area contributed by atoms with E-state index in [9.17, 15) is 9.90 Å². The number of rotatable bonds is 4. The van der Waals surface area contributed by atoms with Crippen molar-refractivity contribution in [3.05, 3.63) is 0 Å². The predicted octanol–water partition coefficient (Wildman–Crippen LogP) is 1.66. The monoisotopic (exact) mass is 203 g/mol. The van der Waals surface area contributed by atoms with E-state index in [1.54, 1.807) is 27.7 Å². The molecule has 0 aliphatic heterocycles. The van der Waals surface area contributed by atoms with Crippen LogP contribution in [0.4, 0.5) is 4.79 Å². The third-order valence-corrected chi connectivity index (χ3v) is 2.38. The Balaban J connectivity index is 4.29. The van der Waals surface area contributed by atoms with Gasteiger partial charge in [0.1, 0.15) is 5.60 Å². The van der Waals surface area contributed by atoms with Crippen LogP contribution in [0.3, 0.4) is 0 Å². The lowest BCUT2D eigenvalue weighted by Gasteiger charge is -2.33. The summed E-state index contributed by atoms with van der Waals surface area (Å²) in [5, 5.41) is 9.71. The average molecular weight is 203 g/mol. The van der Waals surface area contributed by atoms with E-state index in [1.165, 1.54) is 0 Å². The normalized spacial score (nSPS) is 15.0. The second-order valence-electron chi connectivity index (χ2n) is 4.94. The highest BCUT2D eigenvalue weighted by Gasteiger charge is 2.31. The van der Waals surface area contributed by atoms with Gasteiger partial charge in [0.15, 0.2) is 0 Å². The Bertz CT molecular complexity index is 206. The van der Waals surface area contributed by atoms with E-state index in [4.69, 9.17) is 10.5 Å². The first kappa shape index (κ1) is 13.2. The molecular weight excluding hydrogens is 182 g/mol. The fourth-order valence-corrected chi connectivity index (χ4v) is 1.30. The summed E-state index contributed by atoms with van der Waals surface area (Å²) in [5.41, 5.74) is 3.53. The fraction of sp³-hybridized carbons (Fsp3) is 0.900. The number of carbonyl (C=O) groups is 1. The van der Waals surface area contributed by atoms with Gasteiger partial charge in [0.25, 0.3) is 0 Å². The summed E-state index contributed by atoms with van der Waals surface area (Å²) in [5.74, 6) is 0.0249. The maximum absolute atomic E-state index is 10.6. The zero-order chi connectivity index (χ0) is 11.6. The van der Waals surface area contributed by atoms with E-state index in [0.29, 0.717) is 6.42 Å². The number of amides is 1. The summed E-state index contributed by atoms with van der Waals surface area (Å²) in [6.45, 7) is 8.93. The predicted molar refractivity (Wildman–Crippen MR) is 54.8 cm³/mol. The Morgan fingerprint density at radius 3 is 2.14 bits per heavy atom. The first-order chi connectivity index (χ1) is 6.04. The van der Waals surface area contributed by atoms with Crippen molar-refractivity contribution in [3.8, 4) is 0 Å². The van der Waals surface area contributed by atoms with Gasteiger partial charge in [-0.05, 0) is 40.0 Å². The molecular formula is C10H21NO3. The maximum atomic E-state index is 10.6. The number of ether oxygens (including phenoxy) is 1. The molecule has 14 heavy (non-hydrogen) atoms. The highest BCUT2D eigenvalue weighted by Crippen LogP contribution is 2.27. The largest absolute Gasteiger partial charge is 0.444 e. The van der Waals surface area contributed by atoms with Crippen LogP contribution in [0, 0.1) is 5.92 Å². The van der Waals surface area contributed by atoms with E-state index in [1.807, 2.05) is 6.92 Å². The van der Waals surface area contributed by atoms with Gasteiger partial charge in [-0.1, -0.05) is 6.92 Å². The molecule has 4 nitrogen and oxygen atoms in total. The maximum Gasteiger partial charge on any atom is 0.405 e. The molecule has 3 N–H and O–H groups in total. The molecule has 0 aliphatic carbocycles. The molecule has 1 amide bonds. The van der Waals surface area contributed by atoms with Gasteiger partial charge in [0, 0.05) is 0 Å². The molecule has 0 saturated heterocycles. The number of hydrogen-bond donors (Lipinski definition) is 2. The molecule has 0 rings (SSSR count). The molecule has 0 heterocycles. The van der Waals surface area contributed by atoms with E-state index >= 15 is 0 Å². The molecule has 84 valence electrons. The van der Waals surface area contributed by atoms with Gasteiger partial charge in [-0.3, -0.25) is 0 Å². The highest BCUT2D eigenvalue weighted by atomic mass is 16.6. The molecule has 0 aliphatic rings. The number of primary amides is 1. The lowest BCUT2D eigenvalue weighted by Crippen LogP contribution is -2.38. The van der Waals surface area contributed by atoms with Crippen LogP contribution in [0.25, 0.3) is 0 Å². The minimum Gasteiger partial charge on any atom is -0.444 e. The van der Waals surface area contributed by atoms with E-state index in [-0.39, 0.29) is 5.92 Å². The summed E-state index contributed by atoms with van der Waals surface area (Å²) in [7, 11) is 0. The standard InChI is InChI=1S/C10H21NO3/c1-7(10(4,5)13)6-9(2,3)14-8(11)12/h7,13H,6H2,1-5H3,(H2,11,12)/t7-/m1/s1. The summed E-state index contributed by atoms with van der Waals surface area (Å²) in [6.07, 6.45) is -0.211. The Kier molecular flexibility index (Phi) is 3.94. The van der Waals surface area contributed by atoms with Crippen LogP contribution in [0.1, 0.15) is 41.0 Å². The lowest BCUT2D eigenvalue weighted by atomic mass is 9.84. The topological polar surface area (TPSA) is 72.5 Å². The van der Waals surface area contributed by atoms with Crippen molar-refractivity contribution >= 4 is 6.09 Å². The molecule has 0 aromatic heterocycles. The summed E-state index contributed by atoms with van der Waals surface area (Å²) in [4.78, 5) is 10.6.